The summed E-state index contributed by atoms with van der Waals surface area (Å²) in [7, 11) is 0. The first-order valence-electron chi connectivity index (χ1n) is 6.95. The minimum Gasteiger partial charge on any atom is -0.484 e. The summed E-state index contributed by atoms with van der Waals surface area (Å²) >= 11 is 0. The first-order chi connectivity index (χ1) is 9.56. The Bertz CT molecular complexity index is 436. The molecule has 0 amide bonds. The van der Waals surface area contributed by atoms with Crippen molar-refractivity contribution < 1.29 is 9.66 Å². The van der Waals surface area contributed by atoms with Crippen LogP contribution in [0.25, 0.3) is 0 Å². The van der Waals surface area contributed by atoms with Crippen LogP contribution in [0.2, 0.25) is 0 Å². The van der Waals surface area contributed by atoms with Gasteiger partial charge in [-0.25, -0.2) is 0 Å². The van der Waals surface area contributed by atoms with Crippen molar-refractivity contribution in [2.45, 2.75) is 33.3 Å². The van der Waals surface area contributed by atoms with Crippen LogP contribution in [-0.2, 0) is 0 Å². The molecule has 0 unspecified atom stereocenters. The van der Waals surface area contributed by atoms with E-state index in [0.717, 1.165) is 19.5 Å². The van der Waals surface area contributed by atoms with E-state index in [9.17, 15) is 10.1 Å². The molecular formula is C14H23N3O3. The normalized spacial score (nSPS) is 10.6. The Morgan fingerprint density at radius 3 is 2.65 bits per heavy atom. The Morgan fingerprint density at radius 1 is 1.30 bits per heavy atom. The number of ether oxygens (including phenoxy) is 1. The van der Waals surface area contributed by atoms with Gasteiger partial charge in [0.15, 0.2) is 5.75 Å². The summed E-state index contributed by atoms with van der Waals surface area (Å²) in [6.07, 6.45) is 0.966. The van der Waals surface area contributed by atoms with Crippen LogP contribution < -0.4 is 15.4 Å². The number of nitrogens with zero attached hydrogens (tertiary/aromatic N) is 1. The van der Waals surface area contributed by atoms with Gasteiger partial charge in [-0.3, -0.25) is 10.1 Å². The van der Waals surface area contributed by atoms with Crippen molar-refractivity contribution in [3.05, 3.63) is 28.3 Å². The zero-order chi connectivity index (χ0) is 15.0. The van der Waals surface area contributed by atoms with Crippen LogP contribution in [0.1, 0.15) is 27.2 Å². The second-order valence-electron chi connectivity index (χ2n) is 4.75. The van der Waals surface area contributed by atoms with Crippen LogP contribution in [0.5, 0.6) is 5.75 Å². The molecule has 0 aliphatic carbocycles. The molecule has 20 heavy (non-hydrogen) atoms. The summed E-state index contributed by atoms with van der Waals surface area (Å²) in [5, 5.41) is 17.5. The molecule has 6 nitrogen and oxygen atoms in total. The summed E-state index contributed by atoms with van der Waals surface area (Å²) < 4.78 is 5.49. The Hall–Kier alpha value is -1.82. The maximum absolute atomic E-state index is 11.2. The van der Waals surface area contributed by atoms with Crippen molar-refractivity contribution in [1.82, 2.24) is 5.32 Å². The molecule has 0 atom stereocenters. The standard InChI is InChI=1S/C14H23N3O3/c1-4-8-15-9-10-16-12-6-5-7-13(20-11(2)3)14(12)17(18)19/h5-7,11,15-16H,4,8-10H2,1-3H3. The summed E-state index contributed by atoms with van der Waals surface area (Å²) in [6, 6.07) is 5.08. The van der Waals surface area contributed by atoms with Gasteiger partial charge >= 0.3 is 5.69 Å². The Kier molecular flexibility index (Phi) is 6.79. The fraction of sp³-hybridized carbons (Fsp3) is 0.571. The van der Waals surface area contributed by atoms with E-state index in [1.54, 1.807) is 18.2 Å². The highest BCUT2D eigenvalue weighted by Crippen LogP contribution is 2.35. The van der Waals surface area contributed by atoms with Crippen molar-refractivity contribution in [3.8, 4) is 5.75 Å². The second kappa shape index (κ2) is 8.37. The number of nitrogens with one attached hydrogen (secondary N) is 2. The van der Waals surface area contributed by atoms with Gasteiger partial charge in [0, 0.05) is 13.1 Å². The fourth-order valence-electron chi connectivity index (χ4n) is 1.79. The molecular weight excluding hydrogens is 258 g/mol. The van der Waals surface area contributed by atoms with Gasteiger partial charge in [0.2, 0.25) is 0 Å². The van der Waals surface area contributed by atoms with Gasteiger partial charge in [-0.1, -0.05) is 13.0 Å². The lowest BCUT2D eigenvalue weighted by molar-refractivity contribution is -0.385. The second-order valence-corrected chi connectivity index (χ2v) is 4.75. The SMILES string of the molecule is CCCNCCNc1cccc(OC(C)C)c1[N+](=O)[O-]. The van der Waals surface area contributed by atoms with Crippen molar-refractivity contribution in [2.75, 3.05) is 25.0 Å². The maximum Gasteiger partial charge on any atom is 0.333 e. The van der Waals surface area contributed by atoms with Gasteiger partial charge in [0.1, 0.15) is 5.69 Å². The number of anilines is 1. The summed E-state index contributed by atoms with van der Waals surface area (Å²) in [5.41, 5.74) is 0.489. The summed E-state index contributed by atoms with van der Waals surface area (Å²) in [5.74, 6) is 0.302. The molecule has 112 valence electrons. The molecule has 0 spiro atoms. The number of hydrogen-bond donors (Lipinski definition) is 2. The highest BCUT2D eigenvalue weighted by Gasteiger charge is 2.21. The average Bonchev–Trinajstić information content (AvgIpc) is 2.37. The third-order valence-electron chi connectivity index (χ3n) is 2.59. The lowest BCUT2D eigenvalue weighted by atomic mass is 10.2. The molecule has 0 aliphatic rings. The van der Waals surface area contributed by atoms with Crippen molar-refractivity contribution in [3.63, 3.8) is 0 Å². The molecule has 0 saturated heterocycles. The van der Waals surface area contributed by atoms with Crippen LogP contribution in [0.15, 0.2) is 18.2 Å². The molecule has 0 saturated carbocycles. The van der Waals surface area contributed by atoms with E-state index in [1.165, 1.54) is 0 Å². The number of rotatable bonds is 9. The third kappa shape index (κ3) is 5.05. The minimum absolute atomic E-state index is 0.00306. The zero-order valence-corrected chi connectivity index (χ0v) is 12.3. The van der Waals surface area contributed by atoms with Crippen LogP contribution in [0.3, 0.4) is 0 Å². The van der Waals surface area contributed by atoms with E-state index in [2.05, 4.69) is 17.6 Å². The van der Waals surface area contributed by atoms with Crippen molar-refractivity contribution in [1.29, 1.82) is 0 Å². The van der Waals surface area contributed by atoms with E-state index in [-0.39, 0.29) is 11.8 Å². The van der Waals surface area contributed by atoms with Gasteiger partial charge in [0.05, 0.1) is 11.0 Å². The first-order valence-corrected chi connectivity index (χ1v) is 6.95. The van der Waals surface area contributed by atoms with Crippen LogP contribution in [-0.4, -0.2) is 30.7 Å². The lowest BCUT2D eigenvalue weighted by Gasteiger charge is -2.13. The predicted molar refractivity (Wildman–Crippen MR) is 80.5 cm³/mol. The molecule has 1 aromatic rings. The van der Waals surface area contributed by atoms with E-state index in [0.29, 0.717) is 18.0 Å². The predicted octanol–water partition coefficient (Wildman–Crippen LogP) is 2.79. The van der Waals surface area contributed by atoms with E-state index in [4.69, 9.17) is 4.74 Å². The molecule has 0 radical (unpaired) electrons. The van der Waals surface area contributed by atoms with Gasteiger partial charge < -0.3 is 15.4 Å². The topological polar surface area (TPSA) is 76.4 Å². The Morgan fingerprint density at radius 2 is 2.05 bits per heavy atom. The number of hydrogen-bond acceptors (Lipinski definition) is 5. The molecule has 1 aromatic carbocycles. The van der Waals surface area contributed by atoms with Crippen LogP contribution in [0, 0.1) is 10.1 Å². The van der Waals surface area contributed by atoms with Gasteiger partial charge in [0.25, 0.3) is 0 Å². The third-order valence-corrected chi connectivity index (χ3v) is 2.59. The molecule has 0 aromatic heterocycles. The first kappa shape index (κ1) is 16.2. The van der Waals surface area contributed by atoms with Crippen molar-refractivity contribution in [2.24, 2.45) is 0 Å². The van der Waals surface area contributed by atoms with Gasteiger partial charge in [-0.15, -0.1) is 0 Å². The smallest absolute Gasteiger partial charge is 0.333 e. The number of benzene rings is 1. The average molecular weight is 281 g/mol. The quantitative estimate of drug-likeness (QED) is 0.413. The largest absolute Gasteiger partial charge is 0.484 e. The minimum atomic E-state index is -0.403. The van der Waals surface area contributed by atoms with Crippen LogP contribution >= 0.6 is 0 Å². The summed E-state index contributed by atoms with van der Waals surface area (Å²) in [4.78, 5) is 10.8. The highest BCUT2D eigenvalue weighted by atomic mass is 16.6. The molecule has 0 fully saturated rings. The number of nitro benzene ring substituents is 1. The highest BCUT2D eigenvalue weighted by molar-refractivity contribution is 5.68. The van der Waals surface area contributed by atoms with E-state index < -0.39 is 4.92 Å². The lowest BCUT2D eigenvalue weighted by Crippen LogP contribution is -2.23. The van der Waals surface area contributed by atoms with Gasteiger partial charge in [-0.05, 0) is 38.9 Å². The van der Waals surface area contributed by atoms with E-state index in [1.807, 2.05) is 13.8 Å². The molecule has 1 rings (SSSR count). The zero-order valence-electron chi connectivity index (χ0n) is 12.3. The Labute approximate surface area is 119 Å². The fourth-order valence-corrected chi connectivity index (χ4v) is 1.79. The van der Waals surface area contributed by atoms with Crippen LogP contribution in [0.4, 0.5) is 11.4 Å². The molecule has 0 aliphatic heterocycles. The molecule has 2 N–H and O–H groups in total. The Balaban J connectivity index is 2.76. The van der Waals surface area contributed by atoms with Crippen molar-refractivity contribution >= 4 is 11.4 Å². The monoisotopic (exact) mass is 281 g/mol. The molecule has 0 heterocycles. The maximum atomic E-state index is 11.2. The molecule has 0 bridgehead atoms. The number of nitro groups is 1. The molecule has 6 heteroatoms. The van der Waals surface area contributed by atoms with E-state index >= 15 is 0 Å². The number of para-hydroxylation sites is 1. The summed E-state index contributed by atoms with van der Waals surface area (Å²) in [6.45, 7) is 8.13. The van der Waals surface area contributed by atoms with Gasteiger partial charge in [-0.2, -0.15) is 0 Å².